The summed E-state index contributed by atoms with van der Waals surface area (Å²) in [6, 6.07) is 6.70. The van der Waals surface area contributed by atoms with Crippen molar-refractivity contribution in [3.8, 4) is 0 Å². The van der Waals surface area contributed by atoms with Gasteiger partial charge >= 0.3 is 5.97 Å². The molecule has 0 fully saturated rings. The van der Waals surface area contributed by atoms with E-state index in [1.807, 2.05) is 44.2 Å². The maximum atomic E-state index is 13.3. The topological polar surface area (TPSA) is 98.7 Å². The summed E-state index contributed by atoms with van der Waals surface area (Å²) in [6.45, 7) is 7.38. The van der Waals surface area contributed by atoms with Gasteiger partial charge in [-0.3, -0.25) is 9.59 Å². The third-order valence-corrected chi connectivity index (χ3v) is 6.06. The fraction of sp³-hybridized carbons (Fsp3) is 0.609. The molecule has 1 aromatic rings. The molecule has 0 aliphatic rings. The Kier molecular flexibility index (Phi) is 10.5. The molecule has 2 amide bonds. The van der Waals surface area contributed by atoms with Gasteiger partial charge in [-0.1, -0.05) is 51.1 Å². The van der Waals surface area contributed by atoms with Crippen molar-refractivity contribution in [1.29, 1.82) is 0 Å². The summed E-state index contributed by atoms with van der Waals surface area (Å²) in [5, 5.41) is 15.2. The highest BCUT2D eigenvalue weighted by Gasteiger charge is 2.40. The Bertz CT molecular complexity index is 740. The van der Waals surface area contributed by atoms with Crippen LogP contribution >= 0.6 is 11.6 Å². The van der Waals surface area contributed by atoms with Crippen LogP contribution in [0, 0.1) is 5.92 Å². The van der Waals surface area contributed by atoms with Gasteiger partial charge in [0.25, 0.3) is 0 Å². The fourth-order valence-electron chi connectivity index (χ4n) is 3.37. The molecule has 0 heterocycles. The summed E-state index contributed by atoms with van der Waals surface area (Å²) in [7, 11) is 3.29. The van der Waals surface area contributed by atoms with Crippen LogP contribution in [-0.2, 0) is 20.8 Å². The minimum Gasteiger partial charge on any atom is -0.480 e. The van der Waals surface area contributed by atoms with Crippen molar-refractivity contribution < 1.29 is 19.5 Å². The van der Waals surface area contributed by atoms with Crippen LogP contribution in [-0.4, -0.2) is 64.9 Å². The van der Waals surface area contributed by atoms with Gasteiger partial charge in [-0.15, -0.1) is 11.6 Å². The van der Waals surface area contributed by atoms with E-state index in [2.05, 4.69) is 10.6 Å². The normalized spacial score (nSPS) is 16.1. The molecule has 0 aliphatic heterocycles. The average Bonchev–Trinajstić information content (AvgIpc) is 2.73. The number of benzene rings is 1. The van der Waals surface area contributed by atoms with E-state index in [9.17, 15) is 19.5 Å². The smallest absolute Gasteiger partial charge is 0.328 e. The Balaban J connectivity index is 3.22. The first-order valence-electron chi connectivity index (χ1n) is 10.6. The second-order valence-electron chi connectivity index (χ2n) is 8.54. The molecule has 4 atom stereocenters. The standard InChI is InChI=1S/C23H36ClN3O4/c1-7-23(4,24)19(22(30)31)26-20(28)18(14-16-11-9-8-10-12-16)27(6)21(29)17(25-5)13-15(2)3/h8-12,15,17-19,25H,7,13-14H2,1-6H3,(H,26,28)(H,30,31)/t17-,18-,19+,23+/m0/s1. The van der Waals surface area contributed by atoms with E-state index >= 15 is 0 Å². The zero-order valence-electron chi connectivity index (χ0n) is 19.3. The molecular formula is C23H36ClN3O4. The number of nitrogens with zero attached hydrogens (tertiary/aromatic N) is 1. The molecule has 0 radical (unpaired) electrons. The molecule has 7 nitrogen and oxygen atoms in total. The van der Waals surface area contributed by atoms with Crippen LogP contribution in [0.1, 0.15) is 46.1 Å². The van der Waals surface area contributed by atoms with Crippen molar-refractivity contribution in [2.75, 3.05) is 14.1 Å². The number of amides is 2. The van der Waals surface area contributed by atoms with E-state index in [-0.39, 0.29) is 18.2 Å². The molecule has 0 unspecified atom stereocenters. The highest BCUT2D eigenvalue weighted by atomic mass is 35.5. The monoisotopic (exact) mass is 453 g/mol. The third-order valence-electron chi connectivity index (χ3n) is 5.57. The van der Waals surface area contributed by atoms with Crippen LogP contribution in [0.2, 0.25) is 0 Å². The number of carbonyl (C=O) groups excluding carboxylic acids is 2. The Morgan fingerprint density at radius 3 is 2.23 bits per heavy atom. The van der Waals surface area contributed by atoms with Crippen LogP contribution in [0.4, 0.5) is 0 Å². The van der Waals surface area contributed by atoms with Gasteiger partial charge < -0.3 is 20.6 Å². The van der Waals surface area contributed by atoms with Crippen molar-refractivity contribution >= 4 is 29.4 Å². The Morgan fingerprint density at radius 2 is 1.77 bits per heavy atom. The number of likely N-dealkylation sites (N-methyl/N-ethyl adjacent to an activating group) is 2. The van der Waals surface area contributed by atoms with Gasteiger partial charge in [-0.25, -0.2) is 4.79 Å². The van der Waals surface area contributed by atoms with E-state index in [4.69, 9.17) is 11.6 Å². The van der Waals surface area contributed by atoms with Crippen molar-refractivity contribution in [3.05, 3.63) is 35.9 Å². The lowest BCUT2D eigenvalue weighted by Gasteiger charge is -2.34. The zero-order valence-corrected chi connectivity index (χ0v) is 20.1. The summed E-state index contributed by atoms with van der Waals surface area (Å²) in [5.74, 6) is -1.70. The molecule has 0 bridgehead atoms. The number of rotatable bonds is 12. The quantitative estimate of drug-likeness (QED) is 0.422. The first-order chi connectivity index (χ1) is 14.4. The van der Waals surface area contributed by atoms with E-state index in [1.165, 1.54) is 4.90 Å². The molecule has 3 N–H and O–H groups in total. The number of halogens is 1. The van der Waals surface area contributed by atoms with E-state index < -0.39 is 34.9 Å². The minimum absolute atomic E-state index is 0.219. The number of carboxylic acids is 1. The Labute approximate surface area is 190 Å². The van der Waals surface area contributed by atoms with Gasteiger partial charge in [0.1, 0.15) is 12.1 Å². The fourth-order valence-corrected chi connectivity index (χ4v) is 3.52. The molecule has 31 heavy (non-hydrogen) atoms. The van der Waals surface area contributed by atoms with E-state index in [1.54, 1.807) is 27.9 Å². The molecule has 0 aliphatic carbocycles. The first-order valence-corrected chi connectivity index (χ1v) is 11.0. The summed E-state index contributed by atoms with van der Waals surface area (Å²) >= 11 is 6.38. The van der Waals surface area contributed by atoms with Gasteiger partial charge in [-0.05, 0) is 38.3 Å². The molecule has 8 heteroatoms. The maximum absolute atomic E-state index is 13.3. The predicted molar refractivity (Wildman–Crippen MR) is 123 cm³/mol. The third kappa shape index (κ3) is 7.82. The number of aliphatic carboxylic acids is 1. The lowest BCUT2D eigenvalue weighted by Crippen LogP contribution is -2.59. The second kappa shape index (κ2) is 12.1. The number of hydrogen-bond donors (Lipinski definition) is 3. The number of carboxylic acid groups (broad SMARTS) is 1. The van der Waals surface area contributed by atoms with Gasteiger partial charge in [0.2, 0.25) is 11.8 Å². The van der Waals surface area contributed by atoms with Crippen LogP contribution < -0.4 is 10.6 Å². The van der Waals surface area contributed by atoms with Gasteiger partial charge in [0, 0.05) is 13.5 Å². The Morgan fingerprint density at radius 1 is 1.19 bits per heavy atom. The zero-order chi connectivity index (χ0) is 23.8. The van der Waals surface area contributed by atoms with Crippen molar-refractivity contribution in [2.45, 2.75) is 70.0 Å². The van der Waals surface area contributed by atoms with E-state index in [0.29, 0.717) is 12.8 Å². The SMILES string of the molecule is CC[C@@](C)(Cl)[C@H](NC(=O)[C@H](Cc1ccccc1)N(C)C(=O)[C@H](CC(C)C)NC)C(=O)O. The number of alkyl halides is 1. The molecule has 0 saturated heterocycles. The molecule has 0 spiro atoms. The maximum Gasteiger partial charge on any atom is 0.328 e. The second-order valence-corrected chi connectivity index (χ2v) is 9.40. The molecule has 1 rings (SSSR count). The minimum atomic E-state index is -1.29. The summed E-state index contributed by atoms with van der Waals surface area (Å²) in [6.07, 6.45) is 1.22. The van der Waals surface area contributed by atoms with Gasteiger partial charge in [0.15, 0.2) is 0 Å². The molecule has 0 aromatic heterocycles. The summed E-state index contributed by atoms with van der Waals surface area (Å²) in [5.41, 5.74) is 0.864. The summed E-state index contributed by atoms with van der Waals surface area (Å²) < 4.78 is 0. The number of nitrogens with one attached hydrogen (secondary N) is 2. The highest BCUT2D eigenvalue weighted by molar-refractivity contribution is 6.25. The lowest BCUT2D eigenvalue weighted by molar-refractivity contribution is -0.145. The largest absolute Gasteiger partial charge is 0.480 e. The van der Waals surface area contributed by atoms with Gasteiger partial charge in [-0.2, -0.15) is 0 Å². The molecular weight excluding hydrogens is 418 g/mol. The predicted octanol–water partition coefficient (Wildman–Crippen LogP) is 2.67. The average molecular weight is 454 g/mol. The van der Waals surface area contributed by atoms with Crippen LogP contribution in [0.3, 0.4) is 0 Å². The number of carbonyl (C=O) groups is 3. The highest BCUT2D eigenvalue weighted by Crippen LogP contribution is 2.24. The van der Waals surface area contributed by atoms with Crippen LogP contribution in [0.25, 0.3) is 0 Å². The molecule has 1 aromatic carbocycles. The lowest BCUT2D eigenvalue weighted by atomic mass is 9.96. The molecule has 0 saturated carbocycles. The van der Waals surface area contributed by atoms with Crippen molar-refractivity contribution in [2.24, 2.45) is 5.92 Å². The van der Waals surface area contributed by atoms with Crippen LogP contribution in [0.5, 0.6) is 0 Å². The van der Waals surface area contributed by atoms with Crippen molar-refractivity contribution in [1.82, 2.24) is 15.5 Å². The van der Waals surface area contributed by atoms with Crippen LogP contribution in [0.15, 0.2) is 30.3 Å². The molecule has 174 valence electrons. The first kappa shape index (κ1) is 26.9. The summed E-state index contributed by atoms with van der Waals surface area (Å²) in [4.78, 5) is 38.5. The Hall–Kier alpha value is -2.12. The van der Waals surface area contributed by atoms with E-state index in [0.717, 1.165) is 5.56 Å². The van der Waals surface area contributed by atoms with Gasteiger partial charge in [0.05, 0.1) is 10.9 Å². The number of hydrogen-bond acceptors (Lipinski definition) is 4. The van der Waals surface area contributed by atoms with Crippen molar-refractivity contribution in [3.63, 3.8) is 0 Å².